The summed E-state index contributed by atoms with van der Waals surface area (Å²) < 4.78 is 7.33. The maximum atomic E-state index is 10.7. The van der Waals surface area contributed by atoms with Crippen LogP contribution < -0.4 is 4.74 Å². The number of carboxylic acid groups (broad SMARTS) is 1. The molecule has 0 saturated carbocycles. The summed E-state index contributed by atoms with van der Waals surface area (Å²) in [5.41, 5.74) is 2.16. The summed E-state index contributed by atoms with van der Waals surface area (Å²) in [6, 6.07) is 8.28. The van der Waals surface area contributed by atoms with Crippen LogP contribution in [-0.2, 0) is 13.7 Å². The SMILES string of the molecule is Cc1cc(COc2ccc(C(=O)O)cc2)n(C)n1. The highest BCUT2D eigenvalue weighted by molar-refractivity contribution is 5.87. The van der Waals surface area contributed by atoms with Gasteiger partial charge in [-0.25, -0.2) is 4.79 Å². The lowest BCUT2D eigenvalue weighted by molar-refractivity contribution is 0.0697. The Kier molecular flexibility index (Phi) is 3.32. The second kappa shape index (κ2) is 4.91. The summed E-state index contributed by atoms with van der Waals surface area (Å²) >= 11 is 0. The van der Waals surface area contributed by atoms with Crippen molar-refractivity contribution in [2.45, 2.75) is 13.5 Å². The van der Waals surface area contributed by atoms with E-state index >= 15 is 0 Å². The van der Waals surface area contributed by atoms with Crippen molar-refractivity contribution in [2.75, 3.05) is 0 Å². The molecule has 0 bridgehead atoms. The molecular weight excluding hydrogens is 232 g/mol. The largest absolute Gasteiger partial charge is 0.487 e. The Morgan fingerprint density at radius 2 is 2.06 bits per heavy atom. The number of benzene rings is 1. The van der Waals surface area contributed by atoms with Gasteiger partial charge in [0, 0.05) is 7.05 Å². The molecule has 0 aliphatic rings. The molecule has 1 N–H and O–H groups in total. The zero-order valence-electron chi connectivity index (χ0n) is 10.3. The Morgan fingerprint density at radius 1 is 1.39 bits per heavy atom. The smallest absolute Gasteiger partial charge is 0.335 e. The van der Waals surface area contributed by atoms with E-state index < -0.39 is 5.97 Å². The van der Waals surface area contributed by atoms with E-state index in [9.17, 15) is 4.79 Å². The predicted octanol–water partition coefficient (Wildman–Crippen LogP) is 2.01. The van der Waals surface area contributed by atoms with Gasteiger partial charge in [0.05, 0.1) is 17.0 Å². The van der Waals surface area contributed by atoms with Crippen molar-refractivity contribution in [3.63, 3.8) is 0 Å². The maximum Gasteiger partial charge on any atom is 0.335 e. The van der Waals surface area contributed by atoms with Crippen molar-refractivity contribution < 1.29 is 14.6 Å². The Bertz CT molecular complexity index is 558. The molecule has 0 unspecified atom stereocenters. The summed E-state index contributed by atoms with van der Waals surface area (Å²) in [6.45, 7) is 2.33. The number of aryl methyl sites for hydroxylation is 2. The first-order valence-corrected chi connectivity index (χ1v) is 5.52. The van der Waals surface area contributed by atoms with Crippen LogP contribution in [0, 0.1) is 6.92 Å². The summed E-state index contributed by atoms with van der Waals surface area (Å²) in [6.07, 6.45) is 0. The van der Waals surface area contributed by atoms with Crippen LogP contribution in [0.3, 0.4) is 0 Å². The maximum absolute atomic E-state index is 10.7. The molecule has 0 atom stereocenters. The molecule has 0 amide bonds. The van der Waals surface area contributed by atoms with Crippen LogP contribution in [0.4, 0.5) is 0 Å². The van der Waals surface area contributed by atoms with Crippen LogP contribution in [0.15, 0.2) is 30.3 Å². The van der Waals surface area contributed by atoms with Crippen LogP contribution in [-0.4, -0.2) is 20.9 Å². The fourth-order valence-corrected chi connectivity index (χ4v) is 1.65. The second-order valence-corrected chi connectivity index (χ2v) is 4.02. The number of hydrogen-bond acceptors (Lipinski definition) is 3. The first-order chi connectivity index (χ1) is 8.56. The van der Waals surface area contributed by atoms with E-state index in [2.05, 4.69) is 5.10 Å². The van der Waals surface area contributed by atoms with Crippen LogP contribution in [0.1, 0.15) is 21.7 Å². The van der Waals surface area contributed by atoms with E-state index in [0.717, 1.165) is 11.4 Å². The van der Waals surface area contributed by atoms with Crippen molar-refractivity contribution in [1.29, 1.82) is 0 Å². The van der Waals surface area contributed by atoms with Crippen molar-refractivity contribution in [2.24, 2.45) is 7.05 Å². The lowest BCUT2D eigenvalue weighted by Gasteiger charge is -2.06. The Morgan fingerprint density at radius 3 is 2.56 bits per heavy atom. The molecule has 0 saturated heterocycles. The van der Waals surface area contributed by atoms with Gasteiger partial charge in [-0.1, -0.05) is 0 Å². The molecule has 18 heavy (non-hydrogen) atoms. The van der Waals surface area contributed by atoms with Crippen molar-refractivity contribution >= 4 is 5.97 Å². The van der Waals surface area contributed by atoms with Crippen molar-refractivity contribution in [1.82, 2.24) is 9.78 Å². The first kappa shape index (κ1) is 12.2. The third kappa shape index (κ3) is 2.68. The number of ether oxygens (including phenoxy) is 1. The van der Waals surface area contributed by atoms with Gasteiger partial charge >= 0.3 is 5.97 Å². The van der Waals surface area contributed by atoms with E-state index in [4.69, 9.17) is 9.84 Å². The van der Waals surface area contributed by atoms with Crippen LogP contribution >= 0.6 is 0 Å². The molecule has 5 nitrogen and oxygen atoms in total. The van der Waals surface area contributed by atoms with Gasteiger partial charge in [-0.05, 0) is 37.3 Å². The van der Waals surface area contributed by atoms with Gasteiger partial charge in [0.25, 0.3) is 0 Å². The molecule has 1 aromatic heterocycles. The fourth-order valence-electron chi connectivity index (χ4n) is 1.65. The monoisotopic (exact) mass is 246 g/mol. The van der Waals surface area contributed by atoms with E-state index in [0.29, 0.717) is 12.4 Å². The third-order valence-electron chi connectivity index (χ3n) is 2.59. The minimum atomic E-state index is -0.941. The number of nitrogens with zero attached hydrogens (tertiary/aromatic N) is 2. The predicted molar refractivity (Wildman–Crippen MR) is 65.7 cm³/mol. The topological polar surface area (TPSA) is 64.3 Å². The molecule has 5 heteroatoms. The molecule has 1 aromatic carbocycles. The van der Waals surface area contributed by atoms with Gasteiger partial charge in [-0.3, -0.25) is 4.68 Å². The average molecular weight is 246 g/mol. The lowest BCUT2D eigenvalue weighted by Crippen LogP contribution is -2.03. The molecule has 0 spiro atoms. The van der Waals surface area contributed by atoms with Gasteiger partial charge in [0.1, 0.15) is 12.4 Å². The number of aromatic carboxylic acids is 1. The zero-order valence-corrected chi connectivity index (χ0v) is 10.3. The van der Waals surface area contributed by atoms with E-state index in [1.165, 1.54) is 12.1 Å². The van der Waals surface area contributed by atoms with Gasteiger partial charge in [-0.2, -0.15) is 5.10 Å². The van der Waals surface area contributed by atoms with Crippen molar-refractivity contribution in [3.05, 3.63) is 47.3 Å². The summed E-state index contributed by atoms with van der Waals surface area (Å²) in [5.74, 6) is -0.303. The Balaban J connectivity index is 2.02. The minimum Gasteiger partial charge on any atom is -0.487 e. The van der Waals surface area contributed by atoms with Crippen LogP contribution in [0.2, 0.25) is 0 Å². The highest BCUT2D eigenvalue weighted by Crippen LogP contribution is 2.14. The molecule has 0 radical (unpaired) electrons. The zero-order chi connectivity index (χ0) is 13.1. The minimum absolute atomic E-state index is 0.249. The summed E-state index contributed by atoms with van der Waals surface area (Å²) in [4.78, 5) is 10.7. The van der Waals surface area contributed by atoms with E-state index in [-0.39, 0.29) is 5.56 Å². The number of carbonyl (C=O) groups is 1. The highest BCUT2D eigenvalue weighted by atomic mass is 16.5. The third-order valence-corrected chi connectivity index (χ3v) is 2.59. The summed E-state index contributed by atoms with van der Waals surface area (Å²) in [7, 11) is 1.86. The molecule has 2 aromatic rings. The van der Waals surface area contributed by atoms with Crippen LogP contribution in [0.5, 0.6) is 5.75 Å². The molecule has 94 valence electrons. The summed E-state index contributed by atoms with van der Waals surface area (Å²) in [5, 5.41) is 13.0. The van der Waals surface area contributed by atoms with Crippen molar-refractivity contribution in [3.8, 4) is 5.75 Å². The average Bonchev–Trinajstić information content (AvgIpc) is 2.66. The number of hydrogen-bond donors (Lipinski definition) is 1. The number of aromatic nitrogens is 2. The van der Waals surface area contributed by atoms with Gasteiger partial charge in [-0.15, -0.1) is 0 Å². The molecular formula is C13H14N2O3. The van der Waals surface area contributed by atoms with Crippen LogP contribution in [0.25, 0.3) is 0 Å². The van der Waals surface area contributed by atoms with Gasteiger partial charge in [0.15, 0.2) is 0 Å². The normalized spacial score (nSPS) is 10.3. The van der Waals surface area contributed by atoms with E-state index in [1.807, 2.05) is 20.0 Å². The molecule has 0 aliphatic carbocycles. The van der Waals surface area contributed by atoms with E-state index in [1.54, 1.807) is 16.8 Å². The number of rotatable bonds is 4. The molecule has 2 rings (SSSR count). The lowest BCUT2D eigenvalue weighted by atomic mass is 10.2. The highest BCUT2D eigenvalue weighted by Gasteiger charge is 2.04. The molecule has 1 heterocycles. The first-order valence-electron chi connectivity index (χ1n) is 5.52. The fraction of sp³-hybridized carbons (Fsp3) is 0.231. The second-order valence-electron chi connectivity index (χ2n) is 4.02. The molecule has 0 aliphatic heterocycles. The van der Waals surface area contributed by atoms with Gasteiger partial charge < -0.3 is 9.84 Å². The van der Waals surface area contributed by atoms with Gasteiger partial charge in [0.2, 0.25) is 0 Å². The quantitative estimate of drug-likeness (QED) is 0.896. The Labute approximate surface area is 105 Å². The Hall–Kier alpha value is -2.30. The standard InChI is InChI=1S/C13H14N2O3/c1-9-7-11(15(2)14-9)8-18-12-5-3-10(4-6-12)13(16)17/h3-7H,8H2,1-2H3,(H,16,17). The molecule has 0 fully saturated rings. The number of carboxylic acids is 1.